The van der Waals surface area contributed by atoms with Crippen LogP contribution in [0.2, 0.25) is 0 Å². The second kappa shape index (κ2) is 8.08. The van der Waals surface area contributed by atoms with Crippen LogP contribution in [0, 0.1) is 5.82 Å². The van der Waals surface area contributed by atoms with E-state index >= 15 is 0 Å². The Balaban J connectivity index is 2.67. The average molecular weight is 297 g/mol. The van der Waals surface area contributed by atoms with E-state index in [2.05, 4.69) is 5.32 Å². The number of hydrogen-bond acceptors (Lipinski definition) is 5. The van der Waals surface area contributed by atoms with Gasteiger partial charge in [0, 0.05) is 18.7 Å². The van der Waals surface area contributed by atoms with Gasteiger partial charge in [0.15, 0.2) is 0 Å². The highest BCUT2D eigenvalue weighted by Crippen LogP contribution is 2.23. The third kappa shape index (κ3) is 5.29. The first kappa shape index (κ1) is 16.7. The molecule has 0 saturated carbocycles. The van der Waals surface area contributed by atoms with Crippen molar-refractivity contribution in [2.24, 2.45) is 5.73 Å². The van der Waals surface area contributed by atoms with Gasteiger partial charge in [-0.1, -0.05) is 0 Å². The molecule has 0 aliphatic carbocycles. The number of halogens is 1. The molecule has 1 rings (SSSR count). The molecule has 0 aromatic heterocycles. The Kier molecular flexibility index (Phi) is 6.45. The van der Waals surface area contributed by atoms with Gasteiger partial charge >= 0.3 is 5.97 Å². The van der Waals surface area contributed by atoms with E-state index in [1.54, 1.807) is 6.92 Å². The minimum atomic E-state index is -0.591. The maximum absolute atomic E-state index is 13.7. The van der Waals surface area contributed by atoms with Crippen molar-refractivity contribution in [2.45, 2.75) is 26.2 Å². The smallest absolute Gasteiger partial charge is 0.340 e. The van der Waals surface area contributed by atoms with Gasteiger partial charge < -0.3 is 21.5 Å². The molecule has 116 valence electrons. The number of esters is 1. The van der Waals surface area contributed by atoms with Crippen LogP contribution in [-0.4, -0.2) is 25.0 Å². The van der Waals surface area contributed by atoms with Gasteiger partial charge in [0.2, 0.25) is 5.91 Å². The van der Waals surface area contributed by atoms with Crippen molar-refractivity contribution in [1.82, 2.24) is 0 Å². The zero-order chi connectivity index (χ0) is 15.8. The van der Waals surface area contributed by atoms with Crippen LogP contribution in [0.4, 0.5) is 15.8 Å². The first-order valence-electron chi connectivity index (χ1n) is 6.74. The maximum atomic E-state index is 13.7. The van der Waals surface area contributed by atoms with E-state index in [9.17, 15) is 14.0 Å². The molecule has 21 heavy (non-hydrogen) atoms. The minimum absolute atomic E-state index is 0.0326. The lowest BCUT2D eigenvalue weighted by Gasteiger charge is -2.11. The van der Waals surface area contributed by atoms with E-state index in [0.29, 0.717) is 25.8 Å². The molecule has 0 radical (unpaired) electrons. The number of carbonyl (C=O) groups is 2. The van der Waals surface area contributed by atoms with Crippen LogP contribution in [0.1, 0.15) is 36.5 Å². The van der Waals surface area contributed by atoms with Crippen molar-refractivity contribution in [3.63, 3.8) is 0 Å². The van der Waals surface area contributed by atoms with Crippen molar-refractivity contribution in [3.8, 4) is 0 Å². The van der Waals surface area contributed by atoms with Gasteiger partial charge in [0.1, 0.15) is 5.82 Å². The molecular weight excluding hydrogens is 277 g/mol. The summed E-state index contributed by atoms with van der Waals surface area (Å²) in [6.45, 7) is 2.34. The Bertz CT molecular complexity index is 520. The molecule has 0 bridgehead atoms. The summed E-state index contributed by atoms with van der Waals surface area (Å²) in [6, 6.07) is 2.41. The quantitative estimate of drug-likeness (QED) is 0.384. The van der Waals surface area contributed by atoms with E-state index < -0.39 is 11.8 Å². The van der Waals surface area contributed by atoms with E-state index in [1.165, 1.54) is 6.07 Å². The second-order valence-electron chi connectivity index (χ2n) is 4.49. The van der Waals surface area contributed by atoms with Crippen molar-refractivity contribution in [1.29, 1.82) is 0 Å². The normalized spacial score (nSPS) is 10.2. The van der Waals surface area contributed by atoms with E-state index in [-0.39, 0.29) is 29.5 Å². The molecule has 0 aliphatic rings. The Morgan fingerprint density at radius 2 is 2.05 bits per heavy atom. The van der Waals surface area contributed by atoms with Gasteiger partial charge in [0.25, 0.3) is 0 Å². The van der Waals surface area contributed by atoms with Gasteiger partial charge in [-0.05, 0) is 31.9 Å². The van der Waals surface area contributed by atoms with Gasteiger partial charge in [-0.15, -0.1) is 0 Å². The summed E-state index contributed by atoms with van der Waals surface area (Å²) in [5.41, 5.74) is 11.0. The molecule has 0 spiro atoms. The molecule has 0 heterocycles. The van der Waals surface area contributed by atoms with Crippen molar-refractivity contribution >= 4 is 23.3 Å². The number of nitrogens with one attached hydrogen (secondary N) is 1. The second-order valence-corrected chi connectivity index (χ2v) is 4.49. The summed E-state index contributed by atoms with van der Waals surface area (Å²) in [4.78, 5) is 22.3. The molecular formula is C14H20FN3O3. The molecule has 6 nitrogen and oxygen atoms in total. The monoisotopic (exact) mass is 297 g/mol. The molecule has 1 aromatic rings. The van der Waals surface area contributed by atoms with E-state index in [0.717, 1.165) is 6.07 Å². The minimum Gasteiger partial charge on any atom is -0.462 e. The van der Waals surface area contributed by atoms with Crippen LogP contribution < -0.4 is 16.8 Å². The molecule has 0 unspecified atom stereocenters. The van der Waals surface area contributed by atoms with Crippen LogP contribution in [0.15, 0.2) is 12.1 Å². The lowest BCUT2D eigenvalue weighted by atomic mass is 10.1. The predicted octanol–water partition coefficient (Wildman–Crippen LogP) is 1.65. The maximum Gasteiger partial charge on any atom is 0.340 e. The third-order valence-corrected chi connectivity index (χ3v) is 2.80. The Morgan fingerprint density at radius 3 is 2.67 bits per heavy atom. The van der Waals surface area contributed by atoms with Crippen LogP contribution in [-0.2, 0) is 9.53 Å². The fourth-order valence-corrected chi connectivity index (χ4v) is 1.76. The number of hydrogen-bond donors (Lipinski definition) is 3. The lowest BCUT2D eigenvalue weighted by Crippen LogP contribution is -2.12. The topological polar surface area (TPSA) is 107 Å². The lowest BCUT2D eigenvalue weighted by molar-refractivity contribution is -0.118. The van der Waals surface area contributed by atoms with E-state index in [4.69, 9.17) is 16.2 Å². The molecule has 1 aromatic carbocycles. The molecule has 0 aliphatic heterocycles. The highest BCUT2D eigenvalue weighted by atomic mass is 19.1. The zero-order valence-corrected chi connectivity index (χ0v) is 11.9. The first-order chi connectivity index (χ1) is 9.95. The number of rotatable bonds is 8. The number of anilines is 2. The van der Waals surface area contributed by atoms with Crippen LogP contribution in [0.25, 0.3) is 0 Å². The van der Waals surface area contributed by atoms with Gasteiger partial charge in [0.05, 0.1) is 17.9 Å². The molecule has 0 atom stereocenters. The zero-order valence-electron chi connectivity index (χ0n) is 11.9. The first-order valence-corrected chi connectivity index (χ1v) is 6.74. The van der Waals surface area contributed by atoms with Gasteiger partial charge in [-0.2, -0.15) is 0 Å². The Morgan fingerprint density at radius 1 is 1.33 bits per heavy atom. The largest absolute Gasteiger partial charge is 0.462 e. The SMILES string of the molecule is CCOC(=O)c1cc(NCCCCC(N)=O)c(F)cc1N. The number of nitrogens with two attached hydrogens (primary N) is 2. The van der Waals surface area contributed by atoms with Crippen molar-refractivity contribution in [2.75, 3.05) is 24.2 Å². The number of unbranched alkanes of at least 4 members (excludes halogenated alkanes) is 1. The summed E-state index contributed by atoms with van der Waals surface area (Å²) in [6.07, 6.45) is 1.56. The fraction of sp³-hybridized carbons (Fsp3) is 0.429. The number of primary amides is 1. The Labute approximate surface area is 122 Å². The molecule has 5 N–H and O–H groups in total. The number of nitrogen functional groups attached to an aromatic ring is 1. The number of benzene rings is 1. The molecule has 7 heteroatoms. The molecule has 1 amide bonds. The summed E-state index contributed by atoms with van der Waals surface area (Å²) in [5, 5.41) is 2.86. The highest BCUT2D eigenvalue weighted by Gasteiger charge is 2.15. The standard InChI is InChI=1S/C14H20FN3O3/c1-2-21-14(20)9-7-12(10(15)8-11(9)16)18-6-4-3-5-13(17)19/h7-8,18H,2-6,16H2,1H3,(H2,17,19). The van der Waals surface area contributed by atoms with Crippen LogP contribution in [0.3, 0.4) is 0 Å². The average Bonchev–Trinajstić information content (AvgIpc) is 2.40. The van der Waals surface area contributed by atoms with Gasteiger partial charge in [-0.3, -0.25) is 4.79 Å². The van der Waals surface area contributed by atoms with Gasteiger partial charge in [-0.25, -0.2) is 9.18 Å². The van der Waals surface area contributed by atoms with Crippen molar-refractivity contribution < 1.29 is 18.7 Å². The highest BCUT2D eigenvalue weighted by molar-refractivity contribution is 5.96. The molecule has 0 saturated heterocycles. The van der Waals surface area contributed by atoms with Crippen molar-refractivity contribution in [3.05, 3.63) is 23.5 Å². The predicted molar refractivity (Wildman–Crippen MR) is 78.3 cm³/mol. The number of ether oxygens (including phenoxy) is 1. The number of carbonyl (C=O) groups excluding carboxylic acids is 2. The Hall–Kier alpha value is -2.31. The van der Waals surface area contributed by atoms with Crippen LogP contribution in [0.5, 0.6) is 0 Å². The summed E-state index contributed by atoms with van der Waals surface area (Å²) >= 11 is 0. The summed E-state index contributed by atoms with van der Waals surface area (Å²) in [7, 11) is 0. The fourth-order valence-electron chi connectivity index (χ4n) is 1.76. The van der Waals surface area contributed by atoms with Crippen LogP contribution >= 0.6 is 0 Å². The summed E-state index contributed by atoms with van der Waals surface area (Å²) < 4.78 is 18.6. The summed E-state index contributed by atoms with van der Waals surface area (Å²) in [5.74, 6) is -1.50. The third-order valence-electron chi connectivity index (χ3n) is 2.80. The number of amides is 1. The van der Waals surface area contributed by atoms with E-state index in [1.807, 2.05) is 0 Å². The molecule has 0 fully saturated rings.